The van der Waals surface area contributed by atoms with Gasteiger partial charge in [-0.3, -0.25) is 5.01 Å². The molecule has 168 valence electrons. The highest BCUT2D eigenvalue weighted by Gasteiger charge is 2.26. The molecule has 0 radical (unpaired) electrons. The van der Waals surface area contributed by atoms with E-state index in [1.807, 2.05) is 26.0 Å². The SMILES string of the molecule is C=CN(/N=C\N)c1ccc(-c2c(CC)oc3c(N(N)C(C)=NC(=C)C)c(C)nn23)c(Cl)c1. The lowest BCUT2D eigenvalue weighted by molar-refractivity contribution is 0.553. The molecule has 3 aromatic rings. The third kappa shape index (κ3) is 4.12. The standard InChI is InChI=1S/C22H27ClN8O/c1-7-19-21(17-10-9-16(11-18(17)23)29(8-2)26-12-24)31-22(32-19)20(14(5)28-31)30(25)15(6)27-13(3)4/h8-12H,2-3,7,25H2,1,4-6H3,(H2,24,26). The van der Waals surface area contributed by atoms with Crippen LogP contribution < -0.4 is 21.6 Å². The van der Waals surface area contributed by atoms with Crippen LogP contribution in [0, 0.1) is 6.92 Å². The van der Waals surface area contributed by atoms with Crippen LogP contribution in [0.3, 0.4) is 0 Å². The van der Waals surface area contributed by atoms with Gasteiger partial charge in [-0.1, -0.05) is 31.7 Å². The van der Waals surface area contributed by atoms with Gasteiger partial charge in [0.2, 0.25) is 5.71 Å². The second-order valence-corrected chi connectivity index (χ2v) is 7.51. The number of oxazole rings is 1. The Balaban J connectivity index is 2.18. The van der Waals surface area contributed by atoms with Crippen molar-refractivity contribution >= 4 is 40.9 Å². The minimum atomic E-state index is 0.498. The Morgan fingerprint density at radius 1 is 1.38 bits per heavy atom. The maximum atomic E-state index is 6.68. The van der Waals surface area contributed by atoms with Crippen molar-refractivity contribution in [3.8, 4) is 11.3 Å². The first-order valence-corrected chi connectivity index (χ1v) is 10.3. The Labute approximate surface area is 191 Å². The number of benzene rings is 1. The number of aromatic nitrogens is 2. The molecular weight excluding hydrogens is 428 g/mol. The molecule has 0 amide bonds. The first-order valence-electron chi connectivity index (χ1n) is 9.95. The smallest absolute Gasteiger partial charge is 0.248 e. The molecular formula is C22H27ClN8O. The van der Waals surface area contributed by atoms with Gasteiger partial charge >= 0.3 is 0 Å². The zero-order chi connectivity index (χ0) is 23.6. The Kier molecular flexibility index (Phi) is 6.71. The lowest BCUT2D eigenvalue weighted by Gasteiger charge is -2.16. The average molecular weight is 455 g/mol. The fraction of sp³-hybridized carbons (Fsp3) is 0.227. The van der Waals surface area contributed by atoms with Crippen molar-refractivity contribution in [2.75, 3.05) is 10.0 Å². The Hall–Kier alpha value is -3.56. The van der Waals surface area contributed by atoms with Gasteiger partial charge in [0.25, 0.3) is 0 Å². The van der Waals surface area contributed by atoms with Gasteiger partial charge in [-0.25, -0.2) is 15.8 Å². The molecule has 0 saturated carbocycles. The minimum Gasteiger partial charge on any atom is -0.439 e. The second kappa shape index (κ2) is 9.29. The number of hydrogen-bond acceptors (Lipinski definition) is 6. The van der Waals surface area contributed by atoms with E-state index in [4.69, 9.17) is 27.6 Å². The van der Waals surface area contributed by atoms with Crippen LogP contribution in [-0.2, 0) is 6.42 Å². The van der Waals surface area contributed by atoms with E-state index in [9.17, 15) is 0 Å². The van der Waals surface area contributed by atoms with Gasteiger partial charge in [0.05, 0.1) is 16.4 Å². The molecule has 0 aliphatic rings. The van der Waals surface area contributed by atoms with Crippen molar-refractivity contribution in [1.82, 2.24) is 9.61 Å². The Morgan fingerprint density at radius 3 is 2.66 bits per heavy atom. The molecule has 0 bridgehead atoms. The van der Waals surface area contributed by atoms with E-state index in [1.165, 1.54) is 22.6 Å². The van der Waals surface area contributed by atoms with E-state index < -0.39 is 0 Å². The molecule has 2 heterocycles. The normalized spacial score (nSPS) is 12.0. The summed E-state index contributed by atoms with van der Waals surface area (Å²) >= 11 is 6.68. The number of hydrogen-bond donors (Lipinski definition) is 2. The Bertz CT molecular complexity index is 1240. The molecule has 0 saturated heterocycles. The van der Waals surface area contributed by atoms with Crippen molar-refractivity contribution in [3.05, 3.63) is 59.7 Å². The number of nitrogens with two attached hydrogens (primary N) is 2. The zero-order valence-corrected chi connectivity index (χ0v) is 19.4. The molecule has 10 heteroatoms. The molecule has 1 aromatic carbocycles. The number of fused-ring (bicyclic) bond motifs is 1. The highest BCUT2D eigenvalue weighted by molar-refractivity contribution is 6.33. The zero-order valence-electron chi connectivity index (χ0n) is 18.6. The number of hydrazone groups is 1. The highest BCUT2D eigenvalue weighted by Crippen LogP contribution is 2.38. The molecule has 0 atom stereocenters. The van der Waals surface area contributed by atoms with Gasteiger partial charge < -0.3 is 10.2 Å². The van der Waals surface area contributed by atoms with Gasteiger partial charge in [-0.15, -0.1) is 0 Å². The van der Waals surface area contributed by atoms with Crippen molar-refractivity contribution in [2.45, 2.75) is 34.1 Å². The molecule has 0 aliphatic heterocycles. The fourth-order valence-electron chi connectivity index (χ4n) is 3.43. The average Bonchev–Trinajstić information content (AvgIpc) is 3.24. The summed E-state index contributed by atoms with van der Waals surface area (Å²) < 4.78 is 7.92. The van der Waals surface area contributed by atoms with Gasteiger partial charge in [0, 0.05) is 23.9 Å². The minimum absolute atomic E-state index is 0.498. The number of amidine groups is 1. The van der Waals surface area contributed by atoms with Gasteiger partial charge in [-0.05, 0) is 39.0 Å². The van der Waals surface area contributed by atoms with Crippen molar-refractivity contribution in [3.63, 3.8) is 0 Å². The number of halogens is 1. The molecule has 4 N–H and O–H groups in total. The van der Waals surface area contributed by atoms with E-state index in [0.29, 0.717) is 45.8 Å². The summed E-state index contributed by atoms with van der Waals surface area (Å²) in [5, 5.41) is 12.2. The van der Waals surface area contributed by atoms with Gasteiger partial charge in [-0.2, -0.15) is 14.7 Å². The molecule has 3 rings (SSSR count). The molecule has 0 fully saturated rings. The quantitative estimate of drug-likeness (QED) is 0.233. The number of anilines is 2. The summed E-state index contributed by atoms with van der Waals surface area (Å²) in [5.74, 6) is 7.64. The number of nitrogens with zero attached hydrogens (tertiary/aromatic N) is 6. The van der Waals surface area contributed by atoms with Gasteiger partial charge in [0.1, 0.15) is 29.3 Å². The lowest BCUT2D eigenvalue weighted by atomic mass is 10.1. The predicted octanol–water partition coefficient (Wildman–Crippen LogP) is 4.60. The molecule has 32 heavy (non-hydrogen) atoms. The van der Waals surface area contributed by atoms with Crippen LogP contribution in [0.1, 0.15) is 32.2 Å². The predicted molar refractivity (Wildman–Crippen MR) is 132 cm³/mol. The van der Waals surface area contributed by atoms with E-state index in [-0.39, 0.29) is 0 Å². The van der Waals surface area contributed by atoms with Crippen LogP contribution in [-0.4, -0.2) is 21.8 Å². The number of hydrazine groups is 1. The lowest BCUT2D eigenvalue weighted by Crippen LogP contribution is -2.36. The summed E-state index contributed by atoms with van der Waals surface area (Å²) in [4.78, 5) is 4.34. The maximum Gasteiger partial charge on any atom is 0.248 e. The highest BCUT2D eigenvalue weighted by atomic mass is 35.5. The molecule has 9 nitrogen and oxygen atoms in total. The van der Waals surface area contributed by atoms with Crippen molar-refractivity contribution < 1.29 is 4.42 Å². The molecule has 0 aliphatic carbocycles. The third-order valence-corrected chi connectivity index (χ3v) is 5.10. The number of rotatable bonds is 7. The Morgan fingerprint density at radius 2 is 2.09 bits per heavy atom. The number of aliphatic imine (C=N–C) groups is 1. The van der Waals surface area contributed by atoms with Crippen LogP contribution in [0.25, 0.3) is 17.0 Å². The number of aryl methyl sites for hydroxylation is 2. The topological polar surface area (TPSA) is 114 Å². The number of allylic oxidation sites excluding steroid dienone is 1. The van der Waals surface area contributed by atoms with E-state index >= 15 is 0 Å². The van der Waals surface area contributed by atoms with Crippen molar-refractivity contribution in [1.29, 1.82) is 0 Å². The largest absolute Gasteiger partial charge is 0.439 e. The summed E-state index contributed by atoms with van der Waals surface area (Å²) in [6.45, 7) is 15.0. The van der Waals surface area contributed by atoms with E-state index in [2.05, 4.69) is 28.4 Å². The molecule has 2 aromatic heterocycles. The summed E-state index contributed by atoms with van der Waals surface area (Å²) in [5.41, 5.74) is 10.1. The van der Waals surface area contributed by atoms with Gasteiger partial charge in [0.15, 0.2) is 0 Å². The monoisotopic (exact) mass is 454 g/mol. The first-order chi connectivity index (χ1) is 15.2. The summed E-state index contributed by atoms with van der Waals surface area (Å²) in [6.07, 6.45) is 3.36. The summed E-state index contributed by atoms with van der Waals surface area (Å²) in [7, 11) is 0. The second-order valence-electron chi connectivity index (χ2n) is 7.10. The molecule has 0 spiro atoms. The van der Waals surface area contributed by atoms with Crippen LogP contribution in [0.5, 0.6) is 0 Å². The van der Waals surface area contributed by atoms with E-state index in [1.54, 1.807) is 24.4 Å². The summed E-state index contributed by atoms with van der Waals surface area (Å²) in [6, 6.07) is 5.53. The van der Waals surface area contributed by atoms with Crippen LogP contribution in [0.15, 0.2) is 57.8 Å². The fourth-order valence-corrected chi connectivity index (χ4v) is 3.69. The maximum absolute atomic E-state index is 6.68. The third-order valence-electron chi connectivity index (χ3n) is 4.78. The van der Waals surface area contributed by atoms with Crippen LogP contribution in [0.4, 0.5) is 11.4 Å². The van der Waals surface area contributed by atoms with Crippen LogP contribution in [0.2, 0.25) is 5.02 Å². The van der Waals surface area contributed by atoms with Crippen LogP contribution >= 0.6 is 11.6 Å². The first kappa shape index (κ1) is 23.1. The van der Waals surface area contributed by atoms with E-state index in [0.717, 1.165) is 17.0 Å². The molecule has 0 unspecified atom stereocenters. The van der Waals surface area contributed by atoms with Crippen molar-refractivity contribution in [2.24, 2.45) is 21.7 Å².